The SMILES string of the molecule is CN=C(NCc1coc(-c2ccccc2)n1)NC1CCCN(c2ccccc2)C1. The van der Waals surface area contributed by atoms with E-state index in [9.17, 15) is 0 Å². The number of rotatable bonds is 5. The van der Waals surface area contributed by atoms with Crippen molar-refractivity contribution in [2.75, 3.05) is 25.0 Å². The maximum absolute atomic E-state index is 5.61. The first-order valence-corrected chi connectivity index (χ1v) is 10.1. The number of nitrogens with one attached hydrogen (secondary N) is 2. The molecule has 0 spiro atoms. The predicted molar refractivity (Wildman–Crippen MR) is 117 cm³/mol. The van der Waals surface area contributed by atoms with Gasteiger partial charge in [0, 0.05) is 37.4 Å². The Hall–Kier alpha value is -3.28. The van der Waals surface area contributed by atoms with Crippen LogP contribution in [0.1, 0.15) is 18.5 Å². The van der Waals surface area contributed by atoms with Crippen molar-refractivity contribution in [2.24, 2.45) is 4.99 Å². The fourth-order valence-corrected chi connectivity index (χ4v) is 3.63. The van der Waals surface area contributed by atoms with Crippen LogP contribution in [0.3, 0.4) is 0 Å². The molecule has 0 aliphatic carbocycles. The number of aliphatic imine (C=N–C) groups is 1. The zero-order valence-corrected chi connectivity index (χ0v) is 16.7. The van der Waals surface area contributed by atoms with E-state index < -0.39 is 0 Å². The summed E-state index contributed by atoms with van der Waals surface area (Å²) in [5, 5.41) is 6.90. The van der Waals surface area contributed by atoms with E-state index in [0.717, 1.165) is 43.1 Å². The van der Waals surface area contributed by atoms with Gasteiger partial charge in [0.15, 0.2) is 5.96 Å². The number of hydrogen-bond acceptors (Lipinski definition) is 4. The summed E-state index contributed by atoms with van der Waals surface area (Å²) in [5.41, 5.74) is 3.10. The maximum atomic E-state index is 5.61. The second-order valence-corrected chi connectivity index (χ2v) is 7.20. The van der Waals surface area contributed by atoms with E-state index in [0.29, 0.717) is 18.5 Å². The van der Waals surface area contributed by atoms with Crippen molar-refractivity contribution < 1.29 is 4.42 Å². The van der Waals surface area contributed by atoms with Crippen LogP contribution in [0.2, 0.25) is 0 Å². The minimum atomic E-state index is 0.354. The number of anilines is 1. The Morgan fingerprint density at radius 1 is 1.14 bits per heavy atom. The largest absolute Gasteiger partial charge is 0.444 e. The predicted octanol–water partition coefficient (Wildman–Crippen LogP) is 3.68. The highest BCUT2D eigenvalue weighted by atomic mass is 16.3. The molecule has 1 aromatic heterocycles. The summed E-state index contributed by atoms with van der Waals surface area (Å²) in [4.78, 5) is 11.4. The number of benzene rings is 2. The van der Waals surface area contributed by atoms with Gasteiger partial charge in [-0.3, -0.25) is 4.99 Å². The van der Waals surface area contributed by atoms with Crippen LogP contribution < -0.4 is 15.5 Å². The van der Waals surface area contributed by atoms with Gasteiger partial charge in [0.1, 0.15) is 6.26 Å². The number of para-hydroxylation sites is 1. The molecule has 0 saturated carbocycles. The Balaban J connectivity index is 1.31. The molecule has 150 valence electrons. The number of guanidine groups is 1. The molecule has 3 aromatic rings. The molecule has 2 N–H and O–H groups in total. The molecule has 2 heterocycles. The summed E-state index contributed by atoms with van der Waals surface area (Å²) in [6.45, 7) is 2.62. The molecule has 1 aliphatic heterocycles. The molecule has 1 fully saturated rings. The highest BCUT2D eigenvalue weighted by Crippen LogP contribution is 2.20. The molecule has 1 atom stereocenters. The molecule has 6 heteroatoms. The summed E-state index contributed by atoms with van der Waals surface area (Å²) < 4.78 is 5.61. The summed E-state index contributed by atoms with van der Waals surface area (Å²) in [6.07, 6.45) is 3.99. The summed E-state index contributed by atoms with van der Waals surface area (Å²) in [6, 6.07) is 20.9. The number of oxazole rings is 1. The molecule has 0 amide bonds. The first-order chi connectivity index (χ1) is 14.3. The number of piperidine rings is 1. The van der Waals surface area contributed by atoms with E-state index in [-0.39, 0.29) is 0 Å². The summed E-state index contributed by atoms with van der Waals surface area (Å²) >= 11 is 0. The third-order valence-corrected chi connectivity index (χ3v) is 5.12. The highest BCUT2D eigenvalue weighted by Gasteiger charge is 2.21. The monoisotopic (exact) mass is 389 g/mol. The quantitative estimate of drug-likeness (QED) is 0.515. The van der Waals surface area contributed by atoms with Gasteiger partial charge in [-0.1, -0.05) is 36.4 Å². The van der Waals surface area contributed by atoms with Crippen molar-refractivity contribution in [1.82, 2.24) is 15.6 Å². The standard InChI is InChI=1S/C23H27N5O/c1-24-23(25-15-20-17-29-22(26-20)18-9-4-2-5-10-18)27-19-11-8-14-28(16-19)21-12-6-3-7-13-21/h2-7,9-10,12-13,17,19H,8,11,14-16H2,1H3,(H2,24,25,27). The highest BCUT2D eigenvalue weighted by molar-refractivity contribution is 5.80. The third kappa shape index (κ3) is 4.96. The van der Waals surface area contributed by atoms with Crippen molar-refractivity contribution in [3.8, 4) is 11.5 Å². The number of nitrogens with zero attached hydrogens (tertiary/aromatic N) is 3. The van der Waals surface area contributed by atoms with Crippen molar-refractivity contribution in [1.29, 1.82) is 0 Å². The minimum Gasteiger partial charge on any atom is -0.444 e. The second kappa shape index (κ2) is 9.28. The molecular weight excluding hydrogens is 362 g/mol. The average Bonchev–Trinajstić information content (AvgIpc) is 3.27. The topological polar surface area (TPSA) is 65.7 Å². The van der Waals surface area contributed by atoms with Crippen molar-refractivity contribution in [3.63, 3.8) is 0 Å². The molecule has 1 aliphatic rings. The number of aromatic nitrogens is 1. The van der Waals surface area contributed by atoms with Crippen LogP contribution >= 0.6 is 0 Å². The van der Waals surface area contributed by atoms with E-state index in [2.05, 4.69) is 55.8 Å². The van der Waals surface area contributed by atoms with Crippen molar-refractivity contribution in [2.45, 2.75) is 25.4 Å². The Morgan fingerprint density at radius 2 is 1.90 bits per heavy atom. The van der Waals surface area contributed by atoms with Crippen LogP contribution in [0.4, 0.5) is 5.69 Å². The Bertz CT molecular complexity index is 923. The third-order valence-electron chi connectivity index (χ3n) is 5.12. The van der Waals surface area contributed by atoms with Gasteiger partial charge in [0.25, 0.3) is 0 Å². The van der Waals surface area contributed by atoms with E-state index in [1.54, 1.807) is 13.3 Å². The lowest BCUT2D eigenvalue weighted by atomic mass is 10.1. The Morgan fingerprint density at radius 3 is 2.66 bits per heavy atom. The van der Waals surface area contributed by atoms with Gasteiger partial charge in [0.2, 0.25) is 5.89 Å². The van der Waals surface area contributed by atoms with E-state index in [1.165, 1.54) is 5.69 Å². The average molecular weight is 390 g/mol. The molecule has 6 nitrogen and oxygen atoms in total. The molecule has 0 radical (unpaired) electrons. The second-order valence-electron chi connectivity index (χ2n) is 7.20. The molecule has 0 bridgehead atoms. The van der Waals surface area contributed by atoms with Crippen LogP contribution in [-0.4, -0.2) is 37.1 Å². The lowest BCUT2D eigenvalue weighted by molar-refractivity contribution is 0.468. The van der Waals surface area contributed by atoms with Gasteiger partial charge in [0.05, 0.1) is 12.2 Å². The van der Waals surface area contributed by atoms with Gasteiger partial charge in [-0.15, -0.1) is 0 Å². The Kier molecular flexibility index (Phi) is 6.10. The Labute approximate surface area is 171 Å². The molecule has 1 saturated heterocycles. The van der Waals surface area contributed by atoms with Crippen LogP contribution in [0.15, 0.2) is 76.3 Å². The van der Waals surface area contributed by atoms with Crippen molar-refractivity contribution in [3.05, 3.63) is 72.6 Å². The molecular formula is C23H27N5O. The summed E-state index contributed by atoms with van der Waals surface area (Å²) in [7, 11) is 1.80. The molecule has 29 heavy (non-hydrogen) atoms. The number of hydrogen-bond donors (Lipinski definition) is 2. The zero-order chi connectivity index (χ0) is 19.9. The lowest BCUT2D eigenvalue weighted by Crippen LogP contribution is -2.51. The van der Waals surface area contributed by atoms with Gasteiger partial charge >= 0.3 is 0 Å². The van der Waals surface area contributed by atoms with Gasteiger partial charge in [-0.05, 0) is 37.1 Å². The van der Waals surface area contributed by atoms with E-state index in [4.69, 9.17) is 4.42 Å². The molecule has 1 unspecified atom stereocenters. The summed E-state index contributed by atoms with van der Waals surface area (Å²) in [5.74, 6) is 1.42. The van der Waals surface area contributed by atoms with Crippen LogP contribution in [0, 0.1) is 0 Å². The lowest BCUT2D eigenvalue weighted by Gasteiger charge is -2.35. The smallest absolute Gasteiger partial charge is 0.226 e. The van der Waals surface area contributed by atoms with Gasteiger partial charge in [-0.25, -0.2) is 4.98 Å². The van der Waals surface area contributed by atoms with E-state index >= 15 is 0 Å². The van der Waals surface area contributed by atoms with Crippen molar-refractivity contribution >= 4 is 11.6 Å². The first kappa shape index (κ1) is 19.1. The normalized spacial score (nSPS) is 17.2. The zero-order valence-electron chi connectivity index (χ0n) is 16.7. The fraction of sp³-hybridized carbons (Fsp3) is 0.304. The first-order valence-electron chi connectivity index (χ1n) is 10.1. The van der Waals surface area contributed by atoms with Gasteiger partial charge < -0.3 is 20.0 Å². The van der Waals surface area contributed by atoms with Crippen LogP contribution in [-0.2, 0) is 6.54 Å². The van der Waals surface area contributed by atoms with Crippen LogP contribution in [0.5, 0.6) is 0 Å². The molecule has 2 aromatic carbocycles. The molecule has 4 rings (SSSR count). The minimum absolute atomic E-state index is 0.354. The van der Waals surface area contributed by atoms with E-state index in [1.807, 2.05) is 30.3 Å². The van der Waals surface area contributed by atoms with Crippen LogP contribution in [0.25, 0.3) is 11.5 Å². The maximum Gasteiger partial charge on any atom is 0.226 e. The van der Waals surface area contributed by atoms with Gasteiger partial charge in [-0.2, -0.15) is 0 Å². The fourth-order valence-electron chi connectivity index (χ4n) is 3.63.